The molecule has 0 saturated heterocycles. The Kier molecular flexibility index (Phi) is 5.79. The second-order valence-electron chi connectivity index (χ2n) is 8.06. The van der Waals surface area contributed by atoms with Gasteiger partial charge >= 0.3 is 0 Å². The van der Waals surface area contributed by atoms with Crippen molar-refractivity contribution in [1.82, 2.24) is 9.97 Å². The van der Waals surface area contributed by atoms with Crippen molar-refractivity contribution in [3.8, 4) is 0 Å². The van der Waals surface area contributed by atoms with Gasteiger partial charge in [-0.05, 0) is 61.5 Å². The van der Waals surface area contributed by atoms with E-state index in [1.165, 1.54) is 6.07 Å². The first kappa shape index (κ1) is 21.4. The number of nitrogens with zero attached hydrogens (tertiary/aromatic N) is 1. The number of rotatable bonds is 6. The number of aromatic nitrogens is 2. The number of fused-ring (bicyclic) bond motifs is 1. The van der Waals surface area contributed by atoms with E-state index in [9.17, 15) is 9.18 Å². The zero-order chi connectivity index (χ0) is 23.5. The first-order valence-electron chi connectivity index (χ1n) is 11.0. The summed E-state index contributed by atoms with van der Waals surface area (Å²) in [5.41, 5.74) is 5.19. The summed E-state index contributed by atoms with van der Waals surface area (Å²) in [6.07, 6.45) is 1.72. The summed E-state index contributed by atoms with van der Waals surface area (Å²) in [4.78, 5) is 20.7. The number of hydrogen-bond acceptors (Lipinski definition) is 3. The van der Waals surface area contributed by atoms with Crippen molar-refractivity contribution in [1.29, 1.82) is 0 Å². The van der Waals surface area contributed by atoms with Gasteiger partial charge in [-0.1, -0.05) is 36.4 Å². The Morgan fingerprint density at radius 2 is 1.71 bits per heavy atom. The molecule has 2 aromatic heterocycles. The Balaban J connectivity index is 1.58. The molecule has 0 aliphatic heterocycles. The number of carbonyl (C=O) groups excluding carboxylic acids is 1. The van der Waals surface area contributed by atoms with E-state index in [2.05, 4.69) is 20.6 Å². The summed E-state index contributed by atoms with van der Waals surface area (Å²) < 4.78 is 14.6. The molecule has 0 fully saturated rings. The van der Waals surface area contributed by atoms with Gasteiger partial charge in [0, 0.05) is 39.6 Å². The topological polar surface area (TPSA) is 69.8 Å². The minimum absolute atomic E-state index is 0.181. The molecule has 5 aromatic rings. The van der Waals surface area contributed by atoms with Crippen molar-refractivity contribution in [2.45, 2.75) is 13.0 Å². The number of benzene rings is 3. The Morgan fingerprint density at radius 1 is 0.941 bits per heavy atom. The van der Waals surface area contributed by atoms with E-state index in [4.69, 9.17) is 0 Å². The lowest BCUT2D eigenvalue weighted by molar-refractivity contribution is 0.102. The third-order valence-corrected chi connectivity index (χ3v) is 5.78. The number of halogens is 1. The number of anilines is 2. The molecule has 1 amide bonds. The summed E-state index contributed by atoms with van der Waals surface area (Å²) in [6, 6.07) is 26.7. The van der Waals surface area contributed by atoms with Gasteiger partial charge in [-0.2, -0.15) is 0 Å². The van der Waals surface area contributed by atoms with E-state index in [1.54, 1.807) is 36.5 Å². The van der Waals surface area contributed by atoms with Crippen molar-refractivity contribution in [3.63, 3.8) is 0 Å². The Bertz CT molecular complexity index is 1450. The summed E-state index contributed by atoms with van der Waals surface area (Å²) >= 11 is 0. The lowest BCUT2D eigenvalue weighted by Crippen LogP contribution is -2.15. The number of carbonyl (C=O) groups is 1. The smallest absolute Gasteiger partial charge is 0.255 e. The highest BCUT2D eigenvalue weighted by molar-refractivity contribution is 6.05. The van der Waals surface area contributed by atoms with Gasteiger partial charge in [-0.3, -0.25) is 9.78 Å². The number of nitrogens with one attached hydrogen (secondary N) is 3. The Morgan fingerprint density at radius 3 is 2.47 bits per heavy atom. The van der Waals surface area contributed by atoms with E-state index in [1.807, 2.05) is 61.5 Å². The van der Waals surface area contributed by atoms with Gasteiger partial charge in [0.25, 0.3) is 5.91 Å². The number of aryl methyl sites for hydroxylation is 1. The van der Waals surface area contributed by atoms with Crippen LogP contribution in [0.1, 0.15) is 33.4 Å². The lowest BCUT2D eigenvalue weighted by Gasteiger charge is -2.21. The Hall–Kier alpha value is -4.45. The van der Waals surface area contributed by atoms with E-state index >= 15 is 0 Å². The molecule has 5 rings (SSSR count). The number of pyridine rings is 1. The Labute approximate surface area is 196 Å². The zero-order valence-corrected chi connectivity index (χ0v) is 18.5. The van der Waals surface area contributed by atoms with Gasteiger partial charge in [-0.25, -0.2) is 4.39 Å². The SMILES string of the molecule is Cc1[nH]c2ccc(NC(=O)c3ccccc3)cc2c1[C@@H](Nc1ccccc1F)c1ccccn1. The molecule has 1 atom stereocenters. The predicted molar refractivity (Wildman–Crippen MR) is 134 cm³/mol. The second-order valence-corrected chi connectivity index (χ2v) is 8.06. The maximum atomic E-state index is 14.6. The van der Waals surface area contributed by atoms with Crippen LogP contribution in [0.5, 0.6) is 0 Å². The summed E-state index contributed by atoms with van der Waals surface area (Å²) in [7, 11) is 0. The number of para-hydroxylation sites is 1. The largest absolute Gasteiger partial charge is 0.370 e. The molecule has 168 valence electrons. The van der Waals surface area contributed by atoms with Crippen LogP contribution in [0.25, 0.3) is 10.9 Å². The molecule has 3 aromatic carbocycles. The number of H-pyrrole nitrogens is 1. The van der Waals surface area contributed by atoms with Crippen molar-refractivity contribution < 1.29 is 9.18 Å². The van der Waals surface area contributed by atoms with Crippen LogP contribution in [0.3, 0.4) is 0 Å². The van der Waals surface area contributed by atoms with Crippen LogP contribution in [0.4, 0.5) is 15.8 Å². The first-order chi connectivity index (χ1) is 16.6. The molecular formula is C28H23FN4O. The van der Waals surface area contributed by atoms with Crippen LogP contribution in [0.2, 0.25) is 0 Å². The molecule has 2 heterocycles. The van der Waals surface area contributed by atoms with E-state index < -0.39 is 6.04 Å². The van der Waals surface area contributed by atoms with Gasteiger partial charge in [0.1, 0.15) is 5.82 Å². The molecule has 6 heteroatoms. The maximum Gasteiger partial charge on any atom is 0.255 e. The first-order valence-corrected chi connectivity index (χ1v) is 11.0. The average Bonchev–Trinajstić information content (AvgIpc) is 3.19. The molecule has 3 N–H and O–H groups in total. The molecule has 0 aliphatic carbocycles. The highest BCUT2D eigenvalue weighted by Crippen LogP contribution is 2.35. The van der Waals surface area contributed by atoms with Crippen molar-refractivity contribution in [3.05, 3.63) is 126 Å². The van der Waals surface area contributed by atoms with E-state index in [-0.39, 0.29) is 11.7 Å². The number of hydrogen-bond donors (Lipinski definition) is 3. The van der Waals surface area contributed by atoms with Crippen LogP contribution in [-0.4, -0.2) is 15.9 Å². The van der Waals surface area contributed by atoms with Gasteiger partial charge < -0.3 is 15.6 Å². The molecule has 34 heavy (non-hydrogen) atoms. The molecule has 0 unspecified atom stereocenters. The van der Waals surface area contributed by atoms with Gasteiger partial charge in [0.2, 0.25) is 0 Å². The highest BCUT2D eigenvalue weighted by Gasteiger charge is 2.23. The van der Waals surface area contributed by atoms with Gasteiger partial charge in [0.05, 0.1) is 17.4 Å². The monoisotopic (exact) mass is 450 g/mol. The van der Waals surface area contributed by atoms with E-state index in [0.717, 1.165) is 27.9 Å². The van der Waals surface area contributed by atoms with Crippen molar-refractivity contribution in [2.75, 3.05) is 10.6 Å². The van der Waals surface area contributed by atoms with Crippen LogP contribution < -0.4 is 10.6 Å². The van der Waals surface area contributed by atoms with Crippen molar-refractivity contribution >= 4 is 28.2 Å². The standard InChI is InChI=1S/C28H23FN4O/c1-18-26(27(25-13-7-8-16-30-25)33-24-12-6-5-11-22(24)29)21-17-20(14-15-23(21)31-18)32-28(34)19-9-3-2-4-10-19/h2-17,27,31,33H,1H3,(H,32,34)/t27-/m0/s1. The zero-order valence-electron chi connectivity index (χ0n) is 18.5. The summed E-state index contributed by atoms with van der Waals surface area (Å²) in [5.74, 6) is -0.517. The third-order valence-electron chi connectivity index (χ3n) is 5.78. The number of amides is 1. The fourth-order valence-corrected chi connectivity index (χ4v) is 4.16. The number of aromatic amines is 1. The van der Waals surface area contributed by atoms with Crippen LogP contribution in [-0.2, 0) is 0 Å². The molecule has 0 aliphatic rings. The minimum Gasteiger partial charge on any atom is -0.370 e. The van der Waals surface area contributed by atoms with Gasteiger partial charge in [-0.15, -0.1) is 0 Å². The van der Waals surface area contributed by atoms with Crippen molar-refractivity contribution in [2.24, 2.45) is 0 Å². The van der Waals surface area contributed by atoms with Crippen LogP contribution >= 0.6 is 0 Å². The second kappa shape index (κ2) is 9.19. The fourth-order valence-electron chi connectivity index (χ4n) is 4.16. The maximum absolute atomic E-state index is 14.6. The average molecular weight is 451 g/mol. The molecule has 5 nitrogen and oxygen atoms in total. The highest BCUT2D eigenvalue weighted by atomic mass is 19.1. The fraction of sp³-hybridized carbons (Fsp3) is 0.0714. The predicted octanol–water partition coefficient (Wildman–Crippen LogP) is 6.46. The third kappa shape index (κ3) is 4.26. The molecule has 0 saturated carbocycles. The van der Waals surface area contributed by atoms with Gasteiger partial charge in [0.15, 0.2) is 0 Å². The lowest BCUT2D eigenvalue weighted by atomic mass is 9.98. The summed E-state index contributed by atoms with van der Waals surface area (Å²) in [6.45, 7) is 1.98. The molecule has 0 spiro atoms. The van der Waals surface area contributed by atoms with Crippen LogP contribution in [0, 0.1) is 12.7 Å². The molecule has 0 bridgehead atoms. The molecule has 0 radical (unpaired) electrons. The summed E-state index contributed by atoms with van der Waals surface area (Å²) in [5, 5.41) is 7.23. The minimum atomic E-state index is -0.410. The van der Waals surface area contributed by atoms with E-state index in [0.29, 0.717) is 16.9 Å². The van der Waals surface area contributed by atoms with Crippen LogP contribution in [0.15, 0.2) is 97.2 Å². The quantitative estimate of drug-likeness (QED) is 0.278. The molecular weight excluding hydrogens is 427 g/mol. The normalized spacial score (nSPS) is 11.8.